The zero-order valence-corrected chi connectivity index (χ0v) is 10.1. The van der Waals surface area contributed by atoms with Gasteiger partial charge in [0, 0.05) is 19.7 Å². The fourth-order valence-corrected chi connectivity index (χ4v) is 1.74. The van der Waals surface area contributed by atoms with Crippen molar-refractivity contribution in [3.63, 3.8) is 0 Å². The van der Waals surface area contributed by atoms with Gasteiger partial charge in [-0.1, -0.05) is 0 Å². The molecule has 6 nitrogen and oxygen atoms in total. The molecule has 0 aromatic rings. The van der Waals surface area contributed by atoms with E-state index in [9.17, 15) is 9.59 Å². The molecular formula is C11H19NO5. The average Bonchev–Trinajstić information content (AvgIpc) is 2.34. The maximum Gasteiger partial charge on any atom is 0.329 e. The SMILES string of the molecule is CCOCC(=O)N1CCC(OCC(=O)O)CC1. The van der Waals surface area contributed by atoms with Crippen molar-refractivity contribution < 1.29 is 24.2 Å². The number of rotatable bonds is 6. The van der Waals surface area contributed by atoms with E-state index in [2.05, 4.69) is 0 Å². The number of carboxylic acids is 1. The van der Waals surface area contributed by atoms with Crippen LogP contribution in [0.5, 0.6) is 0 Å². The lowest BCUT2D eigenvalue weighted by molar-refractivity contribution is -0.147. The topological polar surface area (TPSA) is 76.1 Å². The highest BCUT2D eigenvalue weighted by Gasteiger charge is 2.23. The van der Waals surface area contributed by atoms with Crippen molar-refractivity contribution >= 4 is 11.9 Å². The van der Waals surface area contributed by atoms with Crippen LogP contribution in [0.15, 0.2) is 0 Å². The van der Waals surface area contributed by atoms with Crippen molar-refractivity contribution in [3.8, 4) is 0 Å². The Morgan fingerprint density at radius 3 is 2.47 bits per heavy atom. The summed E-state index contributed by atoms with van der Waals surface area (Å²) in [6.45, 7) is 3.45. The number of amides is 1. The van der Waals surface area contributed by atoms with Crippen molar-refractivity contribution in [1.29, 1.82) is 0 Å². The maximum absolute atomic E-state index is 11.6. The van der Waals surface area contributed by atoms with E-state index in [4.69, 9.17) is 14.6 Å². The van der Waals surface area contributed by atoms with E-state index < -0.39 is 5.97 Å². The molecule has 0 aromatic carbocycles. The van der Waals surface area contributed by atoms with Crippen LogP contribution in [0.3, 0.4) is 0 Å². The van der Waals surface area contributed by atoms with Gasteiger partial charge in [-0.2, -0.15) is 0 Å². The fraction of sp³-hybridized carbons (Fsp3) is 0.818. The highest BCUT2D eigenvalue weighted by Crippen LogP contribution is 2.13. The molecule has 0 spiro atoms. The summed E-state index contributed by atoms with van der Waals surface area (Å²) < 4.78 is 10.2. The molecule has 1 N–H and O–H groups in total. The number of carboxylic acid groups (broad SMARTS) is 1. The molecule has 0 saturated carbocycles. The summed E-state index contributed by atoms with van der Waals surface area (Å²) in [4.78, 5) is 23.7. The summed E-state index contributed by atoms with van der Waals surface area (Å²) in [6, 6.07) is 0. The normalized spacial score (nSPS) is 17.1. The van der Waals surface area contributed by atoms with Gasteiger partial charge in [0.05, 0.1) is 6.10 Å². The van der Waals surface area contributed by atoms with Crippen molar-refractivity contribution in [3.05, 3.63) is 0 Å². The van der Waals surface area contributed by atoms with E-state index >= 15 is 0 Å². The van der Waals surface area contributed by atoms with Crippen molar-refractivity contribution in [2.24, 2.45) is 0 Å². The first-order chi connectivity index (χ1) is 8.13. The maximum atomic E-state index is 11.6. The van der Waals surface area contributed by atoms with Crippen LogP contribution in [-0.4, -0.2) is 60.9 Å². The molecule has 0 aromatic heterocycles. The van der Waals surface area contributed by atoms with Gasteiger partial charge < -0.3 is 19.5 Å². The second-order valence-corrected chi connectivity index (χ2v) is 3.92. The minimum Gasteiger partial charge on any atom is -0.480 e. The monoisotopic (exact) mass is 245 g/mol. The van der Waals surface area contributed by atoms with Gasteiger partial charge in [-0.15, -0.1) is 0 Å². The summed E-state index contributed by atoms with van der Waals surface area (Å²) in [5.74, 6) is -0.969. The minimum absolute atomic E-state index is 0.0106. The summed E-state index contributed by atoms with van der Waals surface area (Å²) in [5.41, 5.74) is 0. The van der Waals surface area contributed by atoms with Crippen molar-refractivity contribution in [2.45, 2.75) is 25.9 Å². The molecule has 1 rings (SSSR count). The summed E-state index contributed by atoms with van der Waals surface area (Å²) >= 11 is 0. The molecule has 0 aliphatic carbocycles. The number of hydrogen-bond donors (Lipinski definition) is 1. The van der Waals surface area contributed by atoms with E-state index in [0.29, 0.717) is 32.5 Å². The van der Waals surface area contributed by atoms with E-state index in [0.717, 1.165) is 0 Å². The van der Waals surface area contributed by atoms with Gasteiger partial charge >= 0.3 is 5.97 Å². The molecule has 0 atom stereocenters. The first kappa shape index (κ1) is 13.9. The summed E-state index contributed by atoms with van der Waals surface area (Å²) in [5, 5.41) is 8.48. The third-order valence-electron chi connectivity index (χ3n) is 2.67. The van der Waals surface area contributed by atoms with Gasteiger partial charge in [-0.3, -0.25) is 4.79 Å². The van der Waals surface area contributed by atoms with Crippen LogP contribution in [0.2, 0.25) is 0 Å². The van der Waals surface area contributed by atoms with E-state index in [-0.39, 0.29) is 25.2 Å². The smallest absolute Gasteiger partial charge is 0.329 e. The van der Waals surface area contributed by atoms with Crippen LogP contribution in [0.25, 0.3) is 0 Å². The van der Waals surface area contributed by atoms with Crippen LogP contribution in [-0.2, 0) is 19.1 Å². The zero-order chi connectivity index (χ0) is 12.7. The van der Waals surface area contributed by atoms with Crippen LogP contribution in [0.4, 0.5) is 0 Å². The lowest BCUT2D eigenvalue weighted by Crippen LogP contribution is -2.42. The summed E-state index contributed by atoms with van der Waals surface area (Å²) in [6.07, 6.45) is 1.32. The Bertz CT molecular complexity index is 261. The highest BCUT2D eigenvalue weighted by atomic mass is 16.5. The van der Waals surface area contributed by atoms with E-state index in [1.807, 2.05) is 6.92 Å². The third-order valence-corrected chi connectivity index (χ3v) is 2.67. The molecule has 0 bridgehead atoms. The van der Waals surface area contributed by atoms with Gasteiger partial charge in [0.25, 0.3) is 0 Å². The van der Waals surface area contributed by atoms with Gasteiger partial charge in [-0.25, -0.2) is 4.79 Å². The quantitative estimate of drug-likeness (QED) is 0.719. The number of aliphatic carboxylic acids is 1. The van der Waals surface area contributed by atoms with E-state index in [1.54, 1.807) is 4.90 Å². The van der Waals surface area contributed by atoms with Gasteiger partial charge in [0.2, 0.25) is 5.91 Å². The molecule has 1 heterocycles. The van der Waals surface area contributed by atoms with Crippen molar-refractivity contribution in [1.82, 2.24) is 4.90 Å². The lowest BCUT2D eigenvalue weighted by Gasteiger charge is -2.31. The predicted octanol–water partition coefficient (Wildman–Crippen LogP) is 0.115. The molecule has 1 amide bonds. The number of carbonyl (C=O) groups is 2. The van der Waals surface area contributed by atoms with Crippen LogP contribution in [0, 0.1) is 0 Å². The third kappa shape index (κ3) is 5.14. The Morgan fingerprint density at radius 2 is 1.94 bits per heavy atom. The average molecular weight is 245 g/mol. The summed E-state index contributed by atoms with van der Waals surface area (Å²) in [7, 11) is 0. The second-order valence-electron chi connectivity index (χ2n) is 3.92. The Labute approximate surface area is 100 Å². The fourth-order valence-electron chi connectivity index (χ4n) is 1.74. The molecule has 1 fully saturated rings. The van der Waals surface area contributed by atoms with Crippen LogP contribution < -0.4 is 0 Å². The molecular weight excluding hydrogens is 226 g/mol. The second kappa shape index (κ2) is 7.24. The van der Waals surface area contributed by atoms with Gasteiger partial charge in [0.1, 0.15) is 13.2 Å². The standard InChI is InChI=1S/C11H19NO5/c1-2-16-7-10(13)12-5-3-9(4-6-12)17-8-11(14)15/h9H,2-8H2,1H3,(H,14,15). The Hall–Kier alpha value is -1.14. The predicted molar refractivity (Wildman–Crippen MR) is 59.7 cm³/mol. The first-order valence-corrected chi connectivity index (χ1v) is 5.82. The van der Waals surface area contributed by atoms with Crippen LogP contribution >= 0.6 is 0 Å². The number of carbonyl (C=O) groups excluding carboxylic acids is 1. The minimum atomic E-state index is -0.958. The van der Waals surface area contributed by atoms with Gasteiger partial charge in [0.15, 0.2) is 0 Å². The largest absolute Gasteiger partial charge is 0.480 e. The number of nitrogens with zero attached hydrogens (tertiary/aromatic N) is 1. The molecule has 98 valence electrons. The molecule has 0 unspecified atom stereocenters. The molecule has 17 heavy (non-hydrogen) atoms. The van der Waals surface area contributed by atoms with Gasteiger partial charge in [-0.05, 0) is 19.8 Å². The Kier molecular flexibility index (Phi) is 5.93. The molecule has 1 aliphatic rings. The molecule has 1 saturated heterocycles. The molecule has 1 aliphatic heterocycles. The highest BCUT2D eigenvalue weighted by molar-refractivity contribution is 5.77. The molecule has 6 heteroatoms. The molecule has 0 radical (unpaired) electrons. The van der Waals surface area contributed by atoms with Crippen molar-refractivity contribution in [2.75, 3.05) is 32.9 Å². The Morgan fingerprint density at radius 1 is 1.29 bits per heavy atom. The first-order valence-electron chi connectivity index (χ1n) is 5.82. The van der Waals surface area contributed by atoms with E-state index in [1.165, 1.54) is 0 Å². The Balaban J connectivity index is 2.20. The lowest BCUT2D eigenvalue weighted by atomic mass is 10.1. The van der Waals surface area contributed by atoms with Crippen LogP contribution in [0.1, 0.15) is 19.8 Å². The zero-order valence-electron chi connectivity index (χ0n) is 10.1. The number of piperidine rings is 1. The number of likely N-dealkylation sites (tertiary alicyclic amines) is 1. The number of hydrogen-bond acceptors (Lipinski definition) is 4. The number of ether oxygens (including phenoxy) is 2.